The van der Waals surface area contributed by atoms with Gasteiger partial charge in [0.2, 0.25) is 0 Å². The molecule has 3 atom stereocenters. The SMILES string of the molecule is COC(=O)c1cc(Br)cc(C2(C(C)C)C=C(N)OC3NN=C(C)C32)c1. The number of allylic oxidation sites excluding steroid dienone is 1. The third-order valence-corrected chi connectivity index (χ3v) is 5.51. The molecular weight excluding hydrogens is 386 g/mol. The number of nitrogens with zero attached hydrogens (tertiary/aromatic N) is 1. The van der Waals surface area contributed by atoms with Crippen LogP contribution in [0.3, 0.4) is 0 Å². The minimum atomic E-state index is -0.462. The highest BCUT2D eigenvalue weighted by Crippen LogP contribution is 2.48. The number of carbonyl (C=O) groups excluding carboxylic acids is 1. The number of ether oxygens (including phenoxy) is 2. The zero-order valence-electron chi connectivity index (χ0n) is 14.7. The van der Waals surface area contributed by atoms with Crippen molar-refractivity contribution in [3.63, 3.8) is 0 Å². The van der Waals surface area contributed by atoms with Gasteiger partial charge in [-0.2, -0.15) is 5.10 Å². The Hall–Kier alpha value is -2.02. The molecule has 0 fully saturated rings. The highest BCUT2D eigenvalue weighted by molar-refractivity contribution is 9.10. The summed E-state index contributed by atoms with van der Waals surface area (Å²) in [5, 5.41) is 4.36. The van der Waals surface area contributed by atoms with Crippen LogP contribution in [-0.4, -0.2) is 25.0 Å². The van der Waals surface area contributed by atoms with Gasteiger partial charge in [-0.05, 0) is 42.7 Å². The summed E-state index contributed by atoms with van der Waals surface area (Å²) < 4.78 is 11.4. The second kappa shape index (κ2) is 6.37. The minimum Gasteiger partial charge on any atom is -0.465 e. The molecule has 0 spiro atoms. The lowest BCUT2D eigenvalue weighted by Crippen LogP contribution is -2.52. The van der Waals surface area contributed by atoms with Gasteiger partial charge in [-0.15, -0.1) is 0 Å². The van der Waals surface area contributed by atoms with Gasteiger partial charge >= 0.3 is 5.97 Å². The van der Waals surface area contributed by atoms with E-state index in [1.807, 2.05) is 25.1 Å². The molecule has 25 heavy (non-hydrogen) atoms. The maximum absolute atomic E-state index is 12.1. The van der Waals surface area contributed by atoms with E-state index < -0.39 is 5.41 Å². The van der Waals surface area contributed by atoms with Gasteiger partial charge in [0.05, 0.1) is 18.6 Å². The molecule has 3 N–H and O–H groups in total. The largest absolute Gasteiger partial charge is 0.465 e. The standard InChI is InChI=1S/C18H22BrN3O3/c1-9(2)18(8-14(20)25-16-15(18)10(3)21-22-16)12-5-11(17(23)24-4)6-13(19)7-12/h5-9,15-16,22H,20H2,1-4H3. The Morgan fingerprint density at radius 1 is 1.44 bits per heavy atom. The van der Waals surface area contributed by atoms with Crippen LogP contribution in [0.2, 0.25) is 0 Å². The van der Waals surface area contributed by atoms with Gasteiger partial charge in [0.15, 0.2) is 12.1 Å². The normalized spacial score (nSPS) is 27.8. The molecule has 0 aliphatic carbocycles. The average molecular weight is 408 g/mol. The van der Waals surface area contributed by atoms with E-state index in [-0.39, 0.29) is 24.0 Å². The van der Waals surface area contributed by atoms with Crippen LogP contribution in [0.1, 0.15) is 36.7 Å². The van der Waals surface area contributed by atoms with Crippen LogP contribution < -0.4 is 11.2 Å². The van der Waals surface area contributed by atoms with E-state index in [1.165, 1.54) is 7.11 Å². The second-order valence-corrected chi connectivity index (χ2v) is 7.67. The number of hydrazone groups is 1. The molecule has 3 unspecified atom stereocenters. The Morgan fingerprint density at radius 3 is 2.80 bits per heavy atom. The fourth-order valence-electron chi connectivity index (χ4n) is 3.92. The van der Waals surface area contributed by atoms with Crippen LogP contribution >= 0.6 is 15.9 Å². The molecule has 2 aliphatic rings. The van der Waals surface area contributed by atoms with Crippen molar-refractivity contribution in [1.29, 1.82) is 0 Å². The fourth-order valence-corrected chi connectivity index (χ4v) is 4.42. The molecule has 6 nitrogen and oxygen atoms in total. The predicted octanol–water partition coefficient (Wildman–Crippen LogP) is 2.88. The van der Waals surface area contributed by atoms with E-state index in [1.54, 1.807) is 6.07 Å². The van der Waals surface area contributed by atoms with Crippen molar-refractivity contribution < 1.29 is 14.3 Å². The number of hydrogen-bond donors (Lipinski definition) is 2. The number of carbonyl (C=O) groups is 1. The molecule has 7 heteroatoms. The summed E-state index contributed by atoms with van der Waals surface area (Å²) in [6.45, 7) is 6.25. The zero-order valence-corrected chi connectivity index (χ0v) is 16.3. The number of esters is 1. The first-order valence-corrected chi connectivity index (χ1v) is 8.93. The molecule has 0 bridgehead atoms. The summed E-state index contributed by atoms with van der Waals surface area (Å²) in [4.78, 5) is 12.1. The summed E-state index contributed by atoms with van der Waals surface area (Å²) in [6, 6.07) is 5.64. The van der Waals surface area contributed by atoms with Crippen molar-refractivity contribution in [1.82, 2.24) is 5.43 Å². The van der Waals surface area contributed by atoms with Gasteiger partial charge in [0.25, 0.3) is 0 Å². The number of nitrogens with two attached hydrogens (primary N) is 1. The number of rotatable bonds is 3. The Balaban J connectivity index is 2.25. The van der Waals surface area contributed by atoms with Crippen molar-refractivity contribution in [2.45, 2.75) is 32.4 Å². The fraction of sp³-hybridized carbons (Fsp3) is 0.444. The Morgan fingerprint density at radius 2 is 2.16 bits per heavy atom. The van der Waals surface area contributed by atoms with Crippen molar-refractivity contribution in [3.05, 3.63) is 45.8 Å². The molecule has 134 valence electrons. The maximum atomic E-state index is 12.1. The van der Waals surface area contributed by atoms with E-state index in [9.17, 15) is 4.79 Å². The summed E-state index contributed by atoms with van der Waals surface area (Å²) in [6.07, 6.45) is 1.63. The molecule has 0 radical (unpaired) electrons. The van der Waals surface area contributed by atoms with Crippen LogP contribution in [0.15, 0.2) is 39.7 Å². The highest BCUT2D eigenvalue weighted by Gasteiger charge is 2.53. The van der Waals surface area contributed by atoms with Crippen molar-refractivity contribution in [2.75, 3.05) is 7.11 Å². The Kier molecular flexibility index (Phi) is 4.53. The molecule has 0 saturated carbocycles. The van der Waals surface area contributed by atoms with E-state index >= 15 is 0 Å². The lowest BCUT2D eigenvalue weighted by molar-refractivity contribution is 0.0163. The highest BCUT2D eigenvalue weighted by atomic mass is 79.9. The van der Waals surface area contributed by atoms with E-state index in [4.69, 9.17) is 15.2 Å². The van der Waals surface area contributed by atoms with Gasteiger partial charge < -0.3 is 15.2 Å². The lowest BCUT2D eigenvalue weighted by atomic mass is 9.60. The van der Waals surface area contributed by atoms with Gasteiger partial charge in [-0.1, -0.05) is 29.8 Å². The molecule has 1 aromatic rings. The third-order valence-electron chi connectivity index (χ3n) is 5.05. The van der Waals surface area contributed by atoms with Crippen LogP contribution in [0, 0.1) is 11.8 Å². The monoisotopic (exact) mass is 407 g/mol. The molecular formula is C18H22BrN3O3. The second-order valence-electron chi connectivity index (χ2n) is 6.75. The van der Waals surface area contributed by atoms with E-state index in [2.05, 4.69) is 40.3 Å². The lowest BCUT2D eigenvalue weighted by Gasteiger charge is -2.46. The topological polar surface area (TPSA) is 85.9 Å². The van der Waals surface area contributed by atoms with Crippen molar-refractivity contribution in [3.8, 4) is 0 Å². The number of halogens is 1. The Bertz CT molecular complexity index is 775. The smallest absolute Gasteiger partial charge is 0.337 e. The van der Waals surface area contributed by atoms with Crippen LogP contribution in [0.4, 0.5) is 0 Å². The van der Waals surface area contributed by atoms with Crippen LogP contribution in [-0.2, 0) is 14.9 Å². The number of benzene rings is 1. The summed E-state index contributed by atoms with van der Waals surface area (Å²) in [7, 11) is 1.38. The number of hydrogen-bond acceptors (Lipinski definition) is 6. The van der Waals surface area contributed by atoms with Crippen LogP contribution in [0.25, 0.3) is 0 Å². The molecule has 1 aromatic carbocycles. The van der Waals surface area contributed by atoms with Crippen molar-refractivity contribution in [2.24, 2.45) is 22.7 Å². The van der Waals surface area contributed by atoms with E-state index in [0.29, 0.717) is 11.4 Å². The van der Waals surface area contributed by atoms with Crippen LogP contribution in [0.5, 0.6) is 0 Å². The third kappa shape index (κ3) is 2.80. The summed E-state index contributed by atoms with van der Waals surface area (Å²) >= 11 is 3.52. The van der Waals surface area contributed by atoms with Gasteiger partial charge in [0, 0.05) is 15.6 Å². The van der Waals surface area contributed by atoms with Crippen molar-refractivity contribution >= 4 is 27.6 Å². The average Bonchev–Trinajstić information content (AvgIpc) is 2.93. The quantitative estimate of drug-likeness (QED) is 0.752. The van der Waals surface area contributed by atoms with Gasteiger partial charge in [-0.3, -0.25) is 5.43 Å². The minimum absolute atomic E-state index is 0.0282. The van der Waals surface area contributed by atoms with Gasteiger partial charge in [-0.25, -0.2) is 4.79 Å². The van der Waals surface area contributed by atoms with Gasteiger partial charge in [0.1, 0.15) is 0 Å². The molecule has 3 rings (SSSR count). The number of nitrogens with one attached hydrogen (secondary N) is 1. The maximum Gasteiger partial charge on any atom is 0.337 e. The Labute approximate surface area is 155 Å². The molecule has 0 saturated heterocycles. The summed E-state index contributed by atoms with van der Waals surface area (Å²) in [5.41, 5.74) is 11.1. The first-order valence-electron chi connectivity index (χ1n) is 8.13. The molecule has 2 aliphatic heterocycles. The number of fused-ring (bicyclic) bond motifs is 1. The predicted molar refractivity (Wildman–Crippen MR) is 98.9 cm³/mol. The molecule has 2 heterocycles. The summed E-state index contributed by atoms with van der Waals surface area (Å²) in [5.74, 6) is 0.135. The molecule has 0 amide bonds. The zero-order chi connectivity index (χ0) is 18.4. The number of methoxy groups -OCH3 is 1. The van der Waals surface area contributed by atoms with E-state index in [0.717, 1.165) is 15.7 Å². The molecule has 0 aromatic heterocycles. The first kappa shape index (κ1) is 17.8. The first-order chi connectivity index (χ1) is 11.8.